The molecule has 0 bridgehead atoms. The quantitative estimate of drug-likeness (QED) is 0.470. The van der Waals surface area contributed by atoms with Crippen molar-refractivity contribution < 1.29 is 24.6 Å². The summed E-state index contributed by atoms with van der Waals surface area (Å²) in [6.07, 6.45) is 7.59. The molecule has 0 heterocycles. The van der Waals surface area contributed by atoms with Crippen LogP contribution in [0.3, 0.4) is 0 Å². The number of unbranched alkanes of at least 4 members (excludes halogenated alkanes) is 1. The van der Waals surface area contributed by atoms with E-state index in [4.69, 9.17) is 9.79 Å². The molecule has 23 heavy (non-hydrogen) atoms. The van der Waals surface area contributed by atoms with Crippen molar-refractivity contribution in [2.45, 2.75) is 25.7 Å². The fourth-order valence-corrected chi connectivity index (χ4v) is 3.03. The normalized spacial score (nSPS) is 19.8. The summed E-state index contributed by atoms with van der Waals surface area (Å²) in [5, 5.41) is 19.2. The predicted octanol–water partition coefficient (Wildman–Crippen LogP) is 3.27. The fraction of sp³-hybridized carbons (Fsp3) is 0.312. The first-order chi connectivity index (χ1) is 10.8. The summed E-state index contributed by atoms with van der Waals surface area (Å²) in [4.78, 5) is 18.0. The van der Waals surface area contributed by atoms with Gasteiger partial charge in [0.25, 0.3) is 0 Å². The summed E-state index contributed by atoms with van der Waals surface area (Å²) >= 11 is 0. The second-order valence-electron chi connectivity index (χ2n) is 5.45. The molecule has 1 aromatic rings. The molecule has 6 nitrogen and oxygen atoms in total. The summed E-state index contributed by atoms with van der Waals surface area (Å²) in [6.45, 7) is 0. The molecule has 0 aromatic heterocycles. The Kier molecular flexibility index (Phi) is 5.77. The first-order valence-corrected chi connectivity index (χ1v) is 8.92. The van der Waals surface area contributed by atoms with Gasteiger partial charge < -0.3 is 20.0 Å². The Hall–Kier alpha value is -1.88. The predicted molar refractivity (Wildman–Crippen MR) is 88.5 cm³/mol. The maximum absolute atomic E-state index is 11.0. The van der Waals surface area contributed by atoms with E-state index in [2.05, 4.69) is 4.76 Å². The monoisotopic (exact) mass is 337 g/mol. The number of hydrogen-bond donors (Lipinski definition) is 4. The van der Waals surface area contributed by atoms with Crippen LogP contribution in [-0.4, -0.2) is 25.7 Å². The Labute approximate surface area is 134 Å². The van der Waals surface area contributed by atoms with Crippen molar-refractivity contribution in [2.75, 3.05) is 0 Å². The average Bonchev–Trinajstić information content (AvgIpc) is 2.46. The van der Waals surface area contributed by atoms with E-state index >= 15 is 0 Å². The Balaban J connectivity index is 1.91. The van der Waals surface area contributed by atoms with Gasteiger partial charge in [-0.15, -0.1) is 0 Å². The molecule has 124 valence electrons. The van der Waals surface area contributed by atoms with Gasteiger partial charge in [-0.3, -0.25) is 0 Å². The number of allylic oxidation sites excluding steroid dienone is 4. The van der Waals surface area contributed by atoms with Gasteiger partial charge in [0.15, 0.2) is 0 Å². The van der Waals surface area contributed by atoms with Crippen molar-refractivity contribution in [1.29, 1.82) is 0 Å². The minimum Gasteiger partial charge on any atom is -0.512 e. The second kappa shape index (κ2) is 7.59. The molecule has 1 atom stereocenters. The Morgan fingerprint density at radius 2 is 1.78 bits per heavy atom. The van der Waals surface area contributed by atoms with Crippen molar-refractivity contribution in [3.8, 4) is 5.75 Å². The number of rotatable bonds is 6. The molecule has 4 N–H and O–H groups in total. The van der Waals surface area contributed by atoms with E-state index in [1.54, 1.807) is 12.1 Å². The summed E-state index contributed by atoms with van der Waals surface area (Å²) in [5.41, 5.74) is 1.32. The molecule has 1 aromatic carbocycles. The maximum Gasteiger partial charge on any atom is 0.448 e. The van der Waals surface area contributed by atoms with Gasteiger partial charge in [0.2, 0.25) is 0 Å². The van der Waals surface area contributed by atoms with Crippen LogP contribution in [0.1, 0.15) is 24.8 Å². The van der Waals surface area contributed by atoms with Crippen LogP contribution in [0.2, 0.25) is 0 Å². The molecule has 7 heteroatoms. The number of aryl methyl sites for hydroxylation is 1. The molecule has 0 saturated carbocycles. The van der Waals surface area contributed by atoms with Gasteiger partial charge in [-0.25, -0.2) is 4.57 Å². The lowest BCUT2D eigenvalue weighted by Crippen LogP contribution is -2.17. The fourth-order valence-electron chi connectivity index (χ4n) is 2.52. The maximum atomic E-state index is 11.0. The van der Waals surface area contributed by atoms with E-state index in [0.29, 0.717) is 6.42 Å². The van der Waals surface area contributed by atoms with E-state index in [1.165, 1.54) is 18.2 Å². The minimum atomic E-state index is -4.51. The number of aliphatic hydroxyl groups is 1. The highest BCUT2D eigenvalue weighted by Crippen LogP contribution is 2.38. The molecular weight excluding hydrogens is 317 g/mol. The molecule has 1 unspecified atom stereocenters. The van der Waals surface area contributed by atoms with E-state index in [9.17, 15) is 14.8 Å². The van der Waals surface area contributed by atoms with Crippen LogP contribution in [0.25, 0.3) is 0 Å². The number of aromatic hydroxyl groups is 1. The zero-order valence-electron chi connectivity index (χ0n) is 12.5. The lowest BCUT2D eigenvalue weighted by atomic mass is 9.90. The zero-order chi connectivity index (χ0) is 16.9. The van der Waals surface area contributed by atoms with Gasteiger partial charge in [-0.2, -0.15) is 4.76 Å². The van der Waals surface area contributed by atoms with E-state index in [1.807, 2.05) is 12.1 Å². The molecular formula is C16H20NO5P. The van der Waals surface area contributed by atoms with Crippen molar-refractivity contribution in [2.24, 2.45) is 10.7 Å². The first kappa shape index (κ1) is 17.5. The SMILES string of the molecule is O=P(O)(O)/N=C1\C=CC=C(O)C1CCCCc1ccc(O)cc1. The van der Waals surface area contributed by atoms with E-state index < -0.39 is 13.7 Å². The number of hydrogen-bond acceptors (Lipinski definition) is 3. The van der Waals surface area contributed by atoms with Crippen LogP contribution in [0, 0.1) is 5.92 Å². The van der Waals surface area contributed by atoms with Crippen molar-refractivity contribution >= 4 is 13.5 Å². The van der Waals surface area contributed by atoms with Crippen molar-refractivity contribution in [3.05, 3.63) is 53.8 Å². The van der Waals surface area contributed by atoms with Crippen molar-refractivity contribution in [1.82, 2.24) is 0 Å². The minimum absolute atomic E-state index is 0.0735. The summed E-state index contributed by atoms with van der Waals surface area (Å²) in [7, 11) is -4.51. The molecule has 0 amide bonds. The largest absolute Gasteiger partial charge is 0.512 e. The topological polar surface area (TPSA) is 110 Å². The highest BCUT2D eigenvalue weighted by Gasteiger charge is 2.24. The summed E-state index contributed by atoms with van der Waals surface area (Å²) in [6, 6.07) is 6.99. The summed E-state index contributed by atoms with van der Waals surface area (Å²) in [5.74, 6) is -0.173. The number of nitrogens with zero attached hydrogens (tertiary/aromatic N) is 1. The Bertz CT molecular complexity index is 672. The molecule has 0 saturated heterocycles. The molecule has 1 aliphatic rings. The highest BCUT2D eigenvalue weighted by atomic mass is 31.2. The standard InChI is InChI=1S/C16H20NO5P/c18-13-10-8-12(9-11-13)4-1-2-5-14-15(17-23(20,21)22)6-3-7-16(14)19/h3,6-11,14,18-19H,1-2,4-5H2,(H2,20,21,22)/b17-15+. The number of benzene rings is 1. The van der Waals surface area contributed by atoms with Gasteiger partial charge in [-0.05, 0) is 49.1 Å². The van der Waals surface area contributed by atoms with Crippen LogP contribution in [0.15, 0.2) is 53.0 Å². The van der Waals surface area contributed by atoms with Gasteiger partial charge in [0.1, 0.15) is 11.5 Å². The molecule has 0 radical (unpaired) electrons. The van der Waals surface area contributed by atoms with Gasteiger partial charge in [-0.1, -0.05) is 24.6 Å². The van der Waals surface area contributed by atoms with Crippen LogP contribution < -0.4 is 0 Å². The molecule has 0 fully saturated rings. The highest BCUT2D eigenvalue weighted by molar-refractivity contribution is 7.50. The third kappa shape index (κ3) is 5.67. The number of phenolic OH excluding ortho intramolecular Hbond substituents is 1. The second-order valence-corrected chi connectivity index (χ2v) is 6.68. The molecule has 0 spiro atoms. The Morgan fingerprint density at radius 3 is 2.43 bits per heavy atom. The van der Waals surface area contributed by atoms with E-state index in [-0.39, 0.29) is 17.2 Å². The zero-order valence-corrected chi connectivity index (χ0v) is 13.4. The van der Waals surface area contributed by atoms with Crippen LogP contribution in [0.5, 0.6) is 5.75 Å². The van der Waals surface area contributed by atoms with Crippen molar-refractivity contribution in [3.63, 3.8) is 0 Å². The Morgan fingerprint density at radius 1 is 1.09 bits per heavy atom. The molecule has 0 aliphatic heterocycles. The number of aliphatic hydroxyl groups excluding tert-OH is 1. The smallest absolute Gasteiger partial charge is 0.448 e. The summed E-state index contributed by atoms with van der Waals surface area (Å²) < 4.78 is 14.5. The number of phenols is 1. The van der Waals surface area contributed by atoms with Gasteiger partial charge in [0.05, 0.1) is 11.6 Å². The average molecular weight is 337 g/mol. The third-order valence-electron chi connectivity index (χ3n) is 3.64. The van der Waals surface area contributed by atoms with E-state index in [0.717, 1.165) is 24.8 Å². The van der Waals surface area contributed by atoms with Crippen LogP contribution >= 0.6 is 7.75 Å². The molecule has 1 aliphatic carbocycles. The van der Waals surface area contributed by atoms with Gasteiger partial charge in [0, 0.05) is 0 Å². The van der Waals surface area contributed by atoms with Gasteiger partial charge >= 0.3 is 7.75 Å². The van der Waals surface area contributed by atoms with Crippen LogP contribution in [0.4, 0.5) is 0 Å². The third-order valence-corrected chi connectivity index (χ3v) is 4.13. The lowest BCUT2D eigenvalue weighted by Gasteiger charge is -2.19. The molecule has 2 rings (SSSR count). The lowest BCUT2D eigenvalue weighted by molar-refractivity contribution is 0.351. The van der Waals surface area contributed by atoms with Crippen LogP contribution in [-0.2, 0) is 11.0 Å². The first-order valence-electron chi connectivity index (χ1n) is 7.36.